The first kappa shape index (κ1) is 15.3. The van der Waals surface area contributed by atoms with Gasteiger partial charge in [0.1, 0.15) is 4.99 Å². The first-order valence-corrected chi connectivity index (χ1v) is 8.40. The summed E-state index contributed by atoms with van der Waals surface area (Å²) in [5.74, 6) is 0. The van der Waals surface area contributed by atoms with E-state index in [-0.39, 0.29) is 5.54 Å². The Morgan fingerprint density at radius 2 is 2.08 bits per heavy atom. The monoisotopic (exact) mass is 354 g/mol. The number of aromatic nitrogens is 3. The van der Waals surface area contributed by atoms with Gasteiger partial charge in [0.15, 0.2) is 0 Å². The first-order valence-electron chi connectivity index (χ1n) is 7.61. The summed E-state index contributed by atoms with van der Waals surface area (Å²) >= 11 is 11.6. The van der Waals surface area contributed by atoms with Gasteiger partial charge in [-0.3, -0.25) is 9.67 Å². The van der Waals surface area contributed by atoms with E-state index < -0.39 is 0 Å². The molecule has 120 valence electrons. The predicted molar refractivity (Wildman–Crippen MR) is 99.1 cm³/mol. The Kier molecular flexibility index (Phi) is 3.62. The smallest absolute Gasteiger partial charge is 0.125 e. The van der Waals surface area contributed by atoms with E-state index in [9.17, 15) is 0 Å². The van der Waals surface area contributed by atoms with Crippen LogP contribution in [0.3, 0.4) is 0 Å². The van der Waals surface area contributed by atoms with Crippen LogP contribution in [0.5, 0.6) is 0 Å². The van der Waals surface area contributed by atoms with Crippen molar-refractivity contribution in [2.24, 2.45) is 0 Å². The second-order valence-corrected chi connectivity index (χ2v) is 6.98. The average Bonchev–Trinajstić information content (AvgIpc) is 3.03. The summed E-state index contributed by atoms with van der Waals surface area (Å²) in [5.41, 5.74) is 3.84. The molecule has 1 unspecified atom stereocenters. The highest BCUT2D eigenvalue weighted by atomic mass is 35.5. The number of fused-ring (bicyclic) bond motifs is 1. The van der Waals surface area contributed by atoms with Gasteiger partial charge in [0, 0.05) is 24.2 Å². The van der Waals surface area contributed by atoms with Gasteiger partial charge >= 0.3 is 0 Å². The van der Waals surface area contributed by atoms with Crippen molar-refractivity contribution >= 4 is 28.8 Å². The highest BCUT2D eigenvalue weighted by Crippen LogP contribution is 2.31. The maximum atomic E-state index is 6.07. The zero-order valence-corrected chi connectivity index (χ0v) is 14.6. The number of benzene rings is 1. The Morgan fingerprint density at radius 1 is 1.21 bits per heavy atom. The zero-order chi connectivity index (χ0) is 16.7. The molecular formula is C18H15ClN4S. The molecule has 0 saturated heterocycles. The van der Waals surface area contributed by atoms with Crippen molar-refractivity contribution < 1.29 is 0 Å². The third-order valence-electron chi connectivity index (χ3n) is 4.34. The molecular weight excluding hydrogens is 340 g/mol. The molecule has 1 N–H and O–H groups in total. The molecule has 0 radical (unpaired) electrons. The van der Waals surface area contributed by atoms with Crippen molar-refractivity contribution in [3.8, 4) is 11.1 Å². The summed E-state index contributed by atoms with van der Waals surface area (Å²) < 4.78 is 1.95. The molecule has 0 saturated carbocycles. The molecule has 0 aliphatic carbocycles. The maximum Gasteiger partial charge on any atom is 0.125 e. The Labute approximate surface area is 150 Å². The largest absolute Gasteiger partial charge is 0.363 e. The van der Waals surface area contributed by atoms with Gasteiger partial charge < -0.3 is 5.32 Å². The number of rotatable bonds is 2. The standard InChI is InChI=1S/C18H15ClN4S/c1-18(11-23-16(5-6-21-23)17(24)22-18)14-4-2-3-12(7-14)13-8-15(19)10-20-9-13/h2-10H,11H2,1H3,(H,22,24). The summed E-state index contributed by atoms with van der Waals surface area (Å²) in [6.07, 6.45) is 5.23. The molecule has 3 aromatic rings. The number of hydrogen-bond acceptors (Lipinski definition) is 3. The van der Waals surface area contributed by atoms with Crippen LogP contribution in [0.2, 0.25) is 5.02 Å². The van der Waals surface area contributed by atoms with Gasteiger partial charge in [0.25, 0.3) is 0 Å². The van der Waals surface area contributed by atoms with Crippen molar-refractivity contribution in [2.75, 3.05) is 0 Å². The Morgan fingerprint density at radius 3 is 2.92 bits per heavy atom. The van der Waals surface area contributed by atoms with Crippen LogP contribution >= 0.6 is 23.8 Å². The second kappa shape index (κ2) is 5.69. The topological polar surface area (TPSA) is 42.7 Å². The summed E-state index contributed by atoms with van der Waals surface area (Å²) in [6, 6.07) is 12.2. The minimum atomic E-state index is -0.321. The van der Waals surface area contributed by atoms with Gasteiger partial charge in [0.05, 0.1) is 22.8 Å². The van der Waals surface area contributed by atoms with E-state index in [2.05, 4.69) is 40.5 Å². The van der Waals surface area contributed by atoms with E-state index in [1.807, 2.05) is 29.1 Å². The first-order chi connectivity index (χ1) is 11.5. The van der Waals surface area contributed by atoms with Crippen LogP contribution in [-0.2, 0) is 12.1 Å². The van der Waals surface area contributed by atoms with Gasteiger partial charge in [-0.2, -0.15) is 5.10 Å². The van der Waals surface area contributed by atoms with Crippen LogP contribution < -0.4 is 5.32 Å². The van der Waals surface area contributed by atoms with Crippen LogP contribution in [0.1, 0.15) is 18.2 Å². The van der Waals surface area contributed by atoms with Crippen molar-refractivity contribution in [2.45, 2.75) is 19.0 Å². The number of nitrogens with one attached hydrogen (secondary N) is 1. The van der Waals surface area contributed by atoms with E-state index in [0.29, 0.717) is 11.6 Å². The van der Waals surface area contributed by atoms with Crippen LogP contribution in [0.25, 0.3) is 11.1 Å². The lowest BCUT2D eigenvalue weighted by Crippen LogP contribution is -2.51. The van der Waals surface area contributed by atoms with Crippen LogP contribution in [-0.4, -0.2) is 19.8 Å². The molecule has 1 atom stereocenters. The van der Waals surface area contributed by atoms with Crippen molar-refractivity contribution in [3.63, 3.8) is 0 Å². The molecule has 0 fully saturated rings. The Bertz CT molecular complexity index is 936. The Balaban J connectivity index is 1.75. The quantitative estimate of drug-likeness (QED) is 0.711. The molecule has 1 aromatic carbocycles. The fourth-order valence-corrected chi connectivity index (χ4v) is 3.65. The van der Waals surface area contributed by atoms with E-state index in [1.54, 1.807) is 12.4 Å². The highest BCUT2D eigenvalue weighted by molar-refractivity contribution is 7.80. The normalized spacial score (nSPS) is 19.7. The minimum absolute atomic E-state index is 0.321. The molecule has 2 aromatic heterocycles. The van der Waals surface area contributed by atoms with Crippen LogP contribution in [0.15, 0.2) is 55.0 Å². The van der Waals surface area contributed by atoms with Gasteiger partial charge in [-0.25, -0.2) is 0 Å². The lowest BCUT2D eigenvalue weighted by atomic mass is 9.88. The Hall–Kier alpha value is -2.24. The molecule has 1 aliphatic heterocycles. The number of pyridine rings is 1. The molecule has 0 bridgehead atoms. The summed E-state index contributed by atoms with van der Waals surface area (Å²) in [6.45, 7) is 2.85. The molecule has 24 heavy (non-hydrogen) atoms. The third-order valence-corrected chi connectivity index (χ3v) is 4.86. The van der Waals surface area contributed by atoms with Gasteiger partial charge in [-0.15, -0.1) is 0 Å². The highest BCUT2D eigenvalue weighted by Gasteiger charge is 2.34. The van der Waals surface area contributed by atoms with Gasteiger partial charge in [-0.05, 0) is 36.2 Å². The van der Waals surface area contributed by atoms with Crippen molar-refractivity contribution in [1.29, 1.82) is 0 Å². The molecule has 6 heteroatoms. The molecule has 4 nitrogen and oxygen atoms in total. The zero-order valence-electron chi connectivity index (χ0n) is 13.0. The van der Waals surface area contributed by atoms with E-state index in [0.717, 1.165) is 27.4 Å². The van der Waals surface area contributed by atoms with Crippen LogP contribution in [0, 0.1) is 0 Å². The lowest BCUT2D eigenvalue weighted by Gasteiger charge is -2.37. The van der Waals surface area contributed by atoms with Crippen molar-refractivity contribution in [3.05, 3.63) is 71.3 Å². The minimum Gasteiger partial charge on any atom is -0.363 e. The summed E-state index contributed by atoms with van der Waals surface area (Å²) in [5, 5.41) is 8.48. The lowest BCUT2D eigenvalue weighted by molar-refractivity contribution is 0.333. The molecule has 0 amide bonds. The number of hydrogen-bond donors (Lipinski definition) is 1. The molecule has 0 spiro atoms. The van der Waals surface area contributed by atoms with Crippen molar-refractivity contribution in [1.82, 2.24) is 20.1 Å². The maximum absolute atomic E-state index is 6.07. The average molecular weight is 355 g/mol. The fourth-order valence-electron chi connectivity index (χ4n) is 3.08. The van der Waals surface area contributed by atoms with E-state index in [1.165, 1.54) is 0 Å². The van der Waals surface area contributed by atoms with Gasteiger partial charge in [0.2, 0.25) is 0 Å². The summed E-state index contributed by atoms with van der Waals surface area (Å²) in [4.78, 5) is 4.89. The molecule has 4 rings (SSSR count). The number of thiocarbonyl (C=S) groups is 1. The van der Waals surface area contributed by atoms with E-state index >= 15 is 0 Å². The second-order valence-electron chi connectivity index (χ2n) is 6.13. The fraction of sp³-hybridized carbons (Fsp3) is 0.167. The van der Waals surface area contributed by atoms with Gasteiger partial charge in [-0.1, -0.05) is 42.0 Å². The molecule has 1 aliphatic rings. The van der Waals surface area contributed by atoms with E-state index in [4.69, 9.17) is 23.8 Å². The number of nitrogens with zero attached hydrogens (tertiary/aromatic N) is 3. The predicted octanol–water partition coefficient (Wildman–Crippen LogP) is 3.79. The number of halogens is 1. The SMILES string of the molecule is CC1(c2cccc(-c3cncc(Cl)c3)c2)Cn2nccc2C(=S)N1. The third kappa shape index (κ3) is 2.60. The van der Waals surface area contributed by atoms with Crippen LogP contribution in [0.4, 0.5) is 0 Å². The molecule has 3 heterocycles. The summed E-state index contributed by atoms with van der Waals surface area (Å²) in [7, 11) is 0.